The lowest BCUT2D eigenvalue weighted by molar-refractivity contribution is -0.151. The molecule has 0 radical (unpaired) electrons. The maximum atomic E-state index is 11.5. The molecule has 0 N–H and O–H groups in total. The van der Waals surface area contributed by atoms with Gasteiger partial charge in [-0.3, -0.25) is 9.59 Å². The number of carbonyl (C=O) groups is 2. The van der Waals surface area contributed by atoms with E-state index < -0.39 is 11.9 Å². The van der Waals surface area contributed by atoms with Crippen molar-refractivity contribution in [3.05, 3.63) is 11.6 Å². The number of hydrogen-bond donors (Lipinski definition) is 0. The van der Waals surface area contributed by atoms with Crippen LogP contribution < -0.4 is 0 Å². The molecule has 4 nitrogen and oxygen atoms in total. The van der Waals surface area contributed by atoms with Gasteiger partial charge in [0.05, 0.1) is 13.2 Å². The Hall–Kier alpha value is -1.16. The highest BCUT2D eigenvalue weighted by atomic mass is 16.5. The summed E-state index contributed by atoms with van der Waals surface area (Å²) >= 11 is 0. The first kappa shape index (κ1) is 14.8. The van der Waals surface area contributed by atoms with Gasteiger partial charge in [0.2, 0.25) is 0 Å². The van der Waals surface area contributed by atoms with Crippen molar-refractivity contribution in [3.63, 3.8) is 0 Å². The van der Waals surface area contributed by atoms with Gasteiger partial charge in [-0.2, -0.15) is 0 Å². The zero-order valence-electron chi connectivity index (χ0n) is 10.4. The molecule has 0 saturated heterocycles. The van der Waals surface area contributed by atoms with E-state index in [0.717, 1.165) is 5.57 Å². The van der Waals surface area contributed by atoms with Crippen LogP contribution in [0.25, 0.3) is 0 Å². The number of allylic oxidation sites excluding steroid dienone is 1. The Kier molecular flexibility index (Phi) is 7.46. The molecular formula is C12H20O4. The lowest BCUT2D eigenvalue weighted by Gasteiger charge is -2.12. The Morgan fingerprint density at radius 1 is 1.31 bits per heavy atom. The molecule has 0 aromatic heterocycles. The predicted molar refractivity (Wildman–Crippen MR) is 61.1 cm³/mol. The van der Waals surface area contributed by atoms with E-state index in [1.807, 2.05) is 13.0 Å². The first-order chi connectivity index (χ1) is 7.52. The summed E-state index contributed by atoms with van der Waals surface area (Å²) in [7, 11) is 1.59. The van der Waals surface area contributed by atoms with Crippen LogP contribution in [-0.2, 0) is 19.1 Å². The molecular weight excluding hydrogens is 208 g/mol. The first-order valence-corrected chi connectivity index (χ1v) is 5.34. The summed E-state index contributed by atoms with van der Waals surface area (Å²) in [6, 6.07) is 0. The van der Waals surface area contributed by atoms with Crippen molar-refractivity contribution in [2.45, 2.75) is 27.2 Å². The van der Waals surface area contributed by atoms with Gasteiger partial charge >= 0.3 is 5.97 Å². The molecule has 0 bridgehead atoms. The number of esters is 1. The summed E-state index contributed by atoms with van der Waals surface area (Å²) in [6.07, 6.45) is 2.26. The molecule has 0 aromatic rings. The molecule has 0 aliphatic carbocycles. The van der Waals surface area contributed by atoms with E-state index >= 15 is 0 Å². The molecule has 16 heavy (non-hydrogen) atoms. The Morgan fingerprint density at radius 2 is 1.94 bits per heavy atom. The third-order valence-electron chi connectivity index (χ3n) is 2.19. The second kappa shape index (κ2) is 8.05. The van der Waals surface area contributed by atoms with Gasteiger partial charge in [-0.25, -0.2) is 0 Å². The van der Waals surface area contributed by atoms with Crippen molar-refractivity contribution in [1.82, 2.24) is 0 Å². The third-order valence-corrected chi connectivity index (χ3v) is 2.19. The van der Waals surface area contributed by atoms with Crippen LogP contribution in [0.5, 0.6) is 0 Å². The summed E-state index contributed by atoms with van der Waals surface area (Å²) in [4.78, 5) is 22.8. The van der Waals surface area contributed by atoms with Crippen molar-refractivity contribution >= 4 is 11.8 Å². The average Bonchev–Trinajstić information content (AvgIpc) is 2.22. The van der Waals surface area contributed by atoms with Crippen LogP contribution in [0.15, 0.2) is 11.6 Å². The van der Waals surface area contributed by atoms with Crippen LogP contribution in [0.3, 0.4) is 0 Å². The van der Waals surface area contributed by atoms with Crippen LogP contribution in [0.2, 0.25) is 0 Å². The maximum absolute atomic E-state index is 11.5. The molecule has 92 valence electrons. The van der Waals surface area contributed by atoms with Gasteiger partial charge in [0.25, 0.3) is 0 Å². The number of hydrogen-bond acceptors (Lipinski definition) is 4. The van der Waals surface area contributed by atoms with Gasteiger partial charge in [0.15, 0.2) is 0 Å². The summed E-state index contributed by atoms with van der Waals surface area (Å²) in [5.41, 5.74) is 0.954. The Labute approximate surface area is 96.6 Å². The summed E-state index contributed by atoms with van der Waals surface area (Å²) in [5.74, 6) is -1.29. The fraction of sp³-hybridized carbons (Fsp3) is 0.667. The minimum absolute atomic E-state index is 0.163. The highest BCUT2D eigenvalue weighted by Gasteiger charge is 2.24. The predicted octanol–water partition coefficient (Wildman–Crippen LogP) is 1.74. The Balaban J connectivity index is 4.45. The minimum Gasteiger partial charge on any atom is -0.465 e. The molecule has 0 spiro atoms. The number of ketones is 1. The van der Waals surface area contributed by atoms with Crippen molar-refractivity contribution in [3.8, 4) is 0 Å². The highest BCUT2D eigenvalue weighted by molar-refractivity contribution is 5.97. The molecule has 0 aliphatic rings. The van der Waals surface area contributed by atoms with Crippen LogP contribution in [0.1, 0.15) is 27.2 Å². The van der Waals surface area contributed by atoms with E-state index in [0.29, 0.717) is 19.6 Å². The lowest BCUT2D eigenvalue weighted by atomic mass is 9.96. The third kappa shape index (κ3) is 5.66. The molecule has 4 heteroatoms. The smallest absolute Gasteiger partial charge is 0.316 e. The monoisotopic (exact) mass is 228 g/mol. The quantitative estimate of drug-likeness (QED) is 0.378. The average molecular weight is 228 g/mol. The SMILES string of the molecule is CCOC(=O)C(C/C(C)=C/COC)C(C)=O. The Bertz CT molecular complexity index is 268. The van der Waals surface area contributed by atoms with Crippen LogP contribution >= 0.6 is 0 Å². The fourth-order valence-corrected chi connectivity index (χ4v) is 1.27. The van der Waals surface area contributed by atoms with Gasteiger partial charge in [-0.15, -0.1) is 0 Å². The fourth-order valence-electron chi connectivity index (χ4n) is 1.27. The second-order valence-electron chi connectivity index (χ2n) is 3.63. The van der Waals surface area contributed by atoms with Crippen LogP contribution in [-0.4, -0.2) is 32.1 Å². The molecule has 1 unspecified atom stereocenters. The van der Waals surface area contributed by atoms with Crippen molar-refractivity contribution in [2.75, 3.05) is 20.3 Å². The lowest BCUT2D eigenvalue weighted by Crippen LogP contribution is -2.24. The van der Waals surface area contributed by atoms with Crippen molar-refractivity contribution in [1.29, 1.82) is 0 Å². The second-order valence-corrected chi connectivity index (χ2v) is 3.63. The van der Waals surface area contributed by atoms with E-state index in [-0.39, 0.29) is 5.78 Å². The topological polar surface area (TPSA) is 52.6 Å². The first-order valence-electron chi connectivity index (χ1n) is 5.34. The number of carbonyl (C=O) groups excluding carboxylic acids is 2. The number of methoxy groups -OCH3 is 1. The molecule has 0 aromatic carbocycles. The summed E-state index contributed by atoms with van der Waals surface area (Å²) in [5, 5.41) is 0. The van der Waals surface area contributed by atoms with Crippen molar-refractivity contribution in [2.24, 2.45) is 5.92 Å². The zero-order valence-corrected chi connectivity index (χ0v) is 10.4. The number of ether oxygens (including phenoxy) is 2. The zero-order chi connectivity index (χ0) is 12.6. The molecule has 0 aliphatic heterocycles. The van der Waals surface area contributed by atoms with Gasteiger partial charge in [-0.05, 0) is 27.2 Å². The standard InChI is InChI=1S/C12H20O4/c1-5-16-12(14)11(10(3)13)8-9(2)6-7-15-4/h6,11H,5,7-8H2,1-4H3/b9-6+. The molecule has 0 saturated carbocycles. The number of rotatable bonds is 7. The van der Waals surface area contributed by atoms with E-state index in [4.69, 9.17) is 9.47 Å². The maximum Gasteiger partial charge on any atom is 0.316 e. The van der Waals surface area contributed by atoms with E-state index in [1.165, 1.54) is 6.92 Å². The van der Waals surface area contributed by atoms with Crippen molar-refractivity contribution < 1.29 is 19.1 Å². The van der Waals surface area contributed by atoms with Crippen LogP contribution in [0.4, 0.5) is 0 Å². The molecule has 1 atom stereocenters. The normalized spacial score (nSPS) is 13.4. The summed E-state index contributed by atoms with van der Waals surface area (Å²) in [6.45, 7) is 5.78. The minimum atomic E-state index is -0.687. The molecule has 0 heterocycles. The molecule has 0 amide bonds. The van der Waals surface area contributed by atoms with Gasteiger partial charge in [0, 0.05) is 7.11 Å². The van der Waals surface area contributed by atoms with Crippen LogP contribution in [0, 0.1) is 5.92 Å². The summed E-state index contributed by atoms with van der Waals surface area (Å²) < 4.78 is 9.74. The van der Waals surface area contributed by atoms with Gasteiger partial charge < -0.3 is 9.47 Å². The number of Topliss-reactive ketones (excluding diaryl/α,β-unsaturated/α-hetero) is 1. The highest BCUT2D eigenvalue weighted by Crippen LogP contribution is 2.14. The molecule has 0 fully saturated rings. The molecule has 0 rings (SSSR count). The van der Waals surface area contributed by atoms with E-state index in [9.17, 15) is 9.59 Å². The van der Waals surface area contributed by atoms with E-state index in [2.05, 4.69) is 0 Å². The van der Waals surface area contributed by atoms with Gasteiger partial charge in [0.1, 0.15) is 11.7 Å². The largest absolute Gasteiger partial charge is 0.465 e. The Morgan fingerprint density at radius 3 is 2.38 bits per heavy atom. The van der Waals surface area contributed by atoms with E-state index in [1.54, 1.807) is 14.0 Å². The van der Waals surface area contributed by atoms with Gasteiger partial charge in [-0.1, -0.05) is 11.6 Å².